The first-order valence-corrected chi connectivity index (χ1v) is 8.94. The van der Waals surface area contributed by atoms with Crippen molar-refractivity contribution >= 4 is 16.7 Å². The van der Waals surface area contributed by atoms with Crippen molar-refractivity contribution in [3.05, 3.63) is 53.3 Å². The highest BCUT2D eigenvalue weighted by molar-refractivity contribution is 5.92. The maximum Gasteiger partial charge on any atom is 0.162 e. The fraction of sp³-hybridized carbons (Fsp3) is 0.333. The molecule has 0 amide bonds. The number of aromatic nitrogens is 2. The lowest BCUT2D eigenvalue weighted by Crippen LogP contribution is -2.31. The van der Waals surface area contributed by atoms with Gasteiger partial charge in [0, 0.05) is 31.7 Å². The summed E-state index contributed by atoms with van der Waals surface area (Å²) < 4.78 is 16.1. The molecule has 6 nitrogen and oxygen atoms in total. The molecular formula is C21H23N3O3. The maximum absolute atomic E-state index is 5.47. The van der Waals surface area contributed by atoms with Crippen LogP contribution in [0.5, 0.6) is 11.5 Å². The molecule has 1 aliphatic rings. The van der Waals surface area contributed by atoms with Crippen LogP contribution in [0, 0.1) is 0 Å². The van der Waals surface area contributed by atoms with Crippen LogP contribution in [0.15, 0.2) is 36.7 Å². The third-order valence-electron chi connectivity index (χ3n) is 5.01. The van der Waals surface area contributed by atoms with Crippen LogP contribution in [-0.2, 0) is 24.3 Å². The summed E-state index contributed by atoms with van der Waals surface area (Å²) in [6.45, 7) is 2.38. The van der Waals surface area contributed by atoms with Crippen molar-refractivity contribution in [1.29, 1.82) is 0 Å². The highest BCUT2D eigenvalue weighted by Crippen LogP contribution is 2.36. The standard InChI is InChI=1S/C21H23N3O3/c1-25-12-14-4-5-16-11-24(7-6-15(16)8-14)21-17-9-19(26-2)20(27-3)10-18(17)22-13-23-21/h4-5,8-10,13H,6-7,11-12H2,1-3H3. The van der Waals surface area contributed by atoms with Gasteiger partial charge in [-0.1, -0.05) is 18.2 Å². The first-order chi connectivity index (χ1) is 13.2. The minimum atomic E-state index is 0.648. The molecule has 0 unspecified atom stereocenters. The molecule has 0 N–H and O–H groups in total. The zero-order chi connectivity index (χ0) is 18.8. The molecule has 2 aromatic carbocycles. The monoisotopic (exact) mass is 365 g/mol. The van der Waals surface area contributed by atoms with E-state index in [1.54, 1.807) is 27.7 Å². The predicted octanol–water partition coefficient (Wildman–Crippen LogP) is 3.36. The van der Waals surface area contributed by atoms with Crippen LogP contribution in [0.2, 0.25) is 0 Å². The van der Waals surface area contributed by atoms with Gasteiger partial charge in [-0.15, -0.1) is 0 Å². The van der Waals surface area contributed by atoms with Gasteiger partial charge in [0.2, 0.25) is 0 Å². The lowest BCUT2D eigenvalue weighted by Gasteiger charge is -2.31. The van der Waals surface area contributed by atoms with Gasteiger partial charge < -0.3 is 19.1 Å². The summed E-state index contributed by atoms with van der Waals surface area (Å²) in [4.78, 5) is 11.3. The zero-order valence-corrected chi connectivity index (χ0v) is 15.9. The van der Waals surface area contributed by atoms with Gasteiger partial charge >= 0.3 is 0 Å². The van der Waals surface area contributed by atoms with Crippen LogP contribution in [0.1, 0.15) is 16.7 Å². The van der Waals surface area contributed by atoms with Crippen molar-refractivity contribution in [3.63, 3.8) is 0 Å². The van der Waals surface area contributed by atoms with E-state index in [0.717, 1.165) is 36.2 Å². The van der Waals surface area contributed by atoms with Crippen LogP contribution >= 0.6 is 0 Å². The lowest BCUT2D eigenvalue weighted by atomic mass is 9.97. The number of benzene rings is 2. The second-order valence-electron chi connectivity index (χ2n) is 6.63. The Morgan fingerprint density at radius 3 is 2.56 bits per heavy atom. The van der Waals surface area contributed by atoms with E-state index in [-0.39, 0.29) is 0 Å². The van der Waals surface area contributed by atoms with Gasteiger partial charge in [-0.2, -0.15) is 0 Å². The summed E-state index contributed by atoms with van der Waals surface area (Å²) in [5.74, 6) is 2.28. The normalized spacial score (nSPS) is 13.5. The van der Waals surface area contributed by atoms with Crippen molar-refractivity contribution in [3.8, 4) is 11.5 Å². The number of hydrogen-bond donors (Lipinski definition) is 0. The van der Waals surface area contributed by atoms with Crippen molar-refractivity contribution in [2.75, 3.05) is 32.8 Å². The molecule has 0 atom stereocenters. The quantitative estimate of drug-likeness (QED) is 0.691. The highest BCUT2D eigenvalue weighted by Gasteiger charge is 2.21. The molecule has 0 saturated heterocycles. The minimum absolute atomic E-state index is 0.648. The molecule has 1 aromatic heterocycles. The van der Waals surface area contributed by atoms with Crippen LogP contribution in [0.3, 0.4) is 0 Å². The van der Waals surface area contributed by atoms with Crippen LogP contribution in [0.4, 0.5) is 5.82 Å². The number of fused-ring (bicyclic) bond motifs is 2. The Labute approximate surface area is 158 Å². The third kappa shape index (κ3) is 3.28. The second-order valence-corrected chi connectivity index (χ2v) is 6.63. The Bertz CT molecular complexity index is 974. The van der Waals surface area contributed by atoms with E-state index >= 15 is 0 Å². The Morgan fingerprint density at radius 1 is 0.963 bits per heavy atom. The largest absolute Gasteiger partial charge is 0.493 e. The SMILES string of the molecule is COCc1ccc2c(c1)CCN(c1ncnc3cc(OC)c(OC)cc13)C2. The molecule has 0 aliphatic carbocycles. The molecule has 0 saturated carbocycles. The van der Waals surface area contributed by atoms with Crippen molar-refractivity contribution < 1.29 is 14.2 Å². The average Bonchev–Trinajstić information content (AvgIpc) is 2.72. The van der Waals surface area contributed by atoms with E-state index in [1.165, 1.54) is 16.7 Å². The molecule has 3 aromatic rings. The summed E-state index contributed by atoms with van der Waals surface area (Å²) in [6, 6.07) is 10.4. The summed E-state index contributed by atoms with van der Waals surface area (Å²) >= 11 is 0. The molecule has 0 bridgehead atoms. The van der Waals surface area contributed by atoms with Crippen LogP contribution < -0.4 is 14.4 Å². The summed E-state index contributed by atoms with van der Waals surface area (Å²) in [7, 11) is 5.00. The van der Waals surface area contributed by atoms with Gasteiger partial charge in [0.1, 0.15) is 12.1 Å². The van der Waals surface area contributed by atoms with Crippen LogP contribution in [-0.4, -0.2) is 37.8 Å². The van der Waals surface area contributed by atoms with E-state index in [9.17, 15) is 0 Å². The van der Waals surface area contributed by atoms with Crippen LogP contribution in [0.25, 0.3) is 10.9 Å². The summed E-state index contributed by atoms with van der Waals surface area (Å²) in [5.41, 5.74) is 4.78. The molecule has 4 rings (SSSR count). The summed E-state index contributed by atoms with van der Waals surface area (Å²) in [5, 5.41) is 0.967. The molecule has 2 heterocycles. The first kappa shape index (κ1) is 17.5. The molecule has 6 heteroatoms. The van der Waals surface area contributed by atoms with E-state index in [1.807, 2.05) is 12.1 Å². The van der Waals surface area contributed by atoms with Gasteiger partial charge in [-0.05, 0) is 29.2 Å². The number of ether oxygens (including phenoxy) is 3. The van der Waals surface area contributed by atoms with Gasteiger partial charge in [0.05, 0.1) is 26.3 Å². The molecular weight excluding hydrogens is 342 g/mol. The summed E-state index contributed by atoms with van der Waals surface area (Å²) in [6.07, 6.45) is 2.59. The van der Waals surface area contributed by atoms with Crippen molar-refractivity contribution in [2.45, 2.75) is 19.6 Å². The molecule has 27 heavy (non-hydrogen) atoms. The Hall–Kier alpha value is -2.86. The molecule has 1 aliphatic heterocycles. The minimum Gasteiger partial charge on any atom is -0.493 e. The Kier molecular flexibility index (Phi) is 4.81. The highest BCUT2D eigenvalue weighted by atomic mass is 16.5. The van der Waals surface area contributed by atoms with E-state index < -0.39 is 0 Å². The third-order valence-corrected chi connectivity index (χ3v) is 5.01. The Balaban J connectivity index is 1.70. The fourth-order valence-electron chi connectivity index (χ4n) is 3.67. The fourth-order valence-corrected chi connectivity index (χ4v) is 3.67. The number of rotatable bonds is 5. The van der Waals surface area contributed by atoms with E-state index in [4.69, 9.17) is 14.2 Å². The number of nitrogens with zero attached hydrogens (tertiary/aromatic N) is 3. The van der Waals surface area contributed by atoms with Crippen molar-refractivity contribution in [1.82, 2.24) is 9.97 Å². The van der Waals surface area contributed by atoms with Gasteiger partial charge in [0.15, 0.2) is 11.5 Å². The smallest absolute Gasteiger partial charge is 0.162 e. The zero-order valence-electron chi connectivity index (χ0n) is 15.9. The number of anilines is 1. The van der Waals surface area contributed by atoms with Gasteiger partial charge in [-0.25, -0.2) is 9.97 Å². The van der Waals surface area contributed by atoms with Gasteiger partial charge in [0.25, 0.3) is 0 Å². The molecule has 140 valence electrons. The maximum atomic E-state index is 5.47. The van der Waals surface area contributed by atoms with Gasteiger partial charge in [-0.3, -0.25) is 0 Å². The van der Waals surface area contributed by atoms with Crippen molar-refractivity contribution in [2.24, 2.45) is 0 Å². The molecule has 0 radical (unpaired) electrons. The van der Waals surface area contributed by atoms with E-state index in [2.05, 4.69) is 33.1 Å². The Morgan fingerprint density at radius 2 is 1.78 bits per heavy atom. The first-order valence-electron chi connectivity index (χ1n) is 8.94. The predicted molar refractivity (Wildman–Crippen MR) is 105 cm³/mol. The number of hydrogen-bond acceptors (Lipinski definition) is 6. The second kappa shape index (κ2) is 7.40. The molecule has 0 fully saturated rings. The van der Waals surface area contributed by atoms with E-state index in [0.29, 0.717) is 18.1 Å². The lowest BCUT2D eigenvalue weighted by molar-refractivity contribution is 0.185. The average molecular weight is 365 g/mol. The number of methoxy groups -OCH3 is 3. The topological polar surface area (TPSA) is 56.7 Å². The molecule has 0 spiro atoms.